The van der Waals surface area contributed by atoms with Crippen molar-refractivity contribution in [3.8, 4) is 0 Å². The molecular formula is C48H98O11. The summed E-state index contributed by atoms with van der Waals surface area (Å²) in [6.07, 6.45) is 3.97. The van der Waals surface area contributed by atoms with E-state index in [0.29, 0.717) is 90.3 Å². The van der Waals surface area contributed by atoms with E-state index >= 15 is 0 Å². The van der Waals surface area contributed by atoms with Crippen molar-refractivity contribution < 1.29 is 54.3 Å². The molecule has 0 bridgehead atoms. The maximum Gasteiger partial charge on any atom is 0.129 e. The quantitative estimate of drug-likeness (QED) is 0.0348. The predicted molar refractivity (Wildman–Crippen MR) is 240 cm³/mol. The molecule has 0 saturated carbocycles. The molecular weight excluding hydrogens is 753 g/mol. The average Bonchev–Trinajstić information content (AvgIpc) is 3.23. The summed E-state index contributed by atoms with van der Waals surface area (Å²) in [7, 11) is 0. The first-order valence-corrected chi connectivity index (χ1v) is 24.4. The first-order valence-electron chi connectivity index (χ1n) is 24.4. The monoisotopic (exact) mass is 851 g/mol. The van der Waals surface area contributed by atoms with E-state index in [2.05, 4.69) is 55.4 Å². The van der Waals surface area contributed by atoms with Crippen molar-refractivity contribution in [2.75, 3.05) is 39.6 Å². The third kappa shape index (κ3) is 12.9. The second kappa shape index (κ2) is 29.8. The highest BCUT2D eigenvalue weighted by molar-refractivity contribution is 5.24. The number of ether oxygens (including phenoxy) is 5. The zero-order valence-corrected chi connectivity index (χ0v) is 40.4. The van der Waals surface area contributed by atoms with Crippen LogP contribution < -0.4 is 0 Å². The summed E-state index contributed by atoms with van der Waals surface area (Å²) >= 11 is 0. The van der Waals surface area contributed by atoms with Crippen molar-refractivity contribution in [2.24, 2.45) is 0 Å². The van der Waals surface area contributed by atoms with Gasteiger partial charge in [0.15, 0.2) is 0 Å². The lowest BCUT2D eigenvalue weighted by molar-refractivity contribution is -0.407. The third-order valence-electron chi connectivity index (χ3n) is 12.6. The molecule has 8 atom stereocenters. The zero-order valence-electron chi connectivity index (χ0n) is 40.4. The zero-order chi connectivity index (χ0) is 45.2. The highest BCUT2D eigenvalue weighted by Crippen LogP contribution is 2.60. The first-order chi connectivity index (χ1) is 28.2. The van der Waals surface area contributed by atoms with Gasteiger partial charge in [0, 0.05) is 26.4 Å². The molecule has 0 spiro atoms. The van der Waals surface area contributed by atoms with Crippen LogP contribution in [0.1, 0.15) is 212 Å². The van der Waals surface area contributed by atoms with Gasteiger partial charge in [-0.05, 0) is 77.0 Å². The van der Waals surface area contributed by atoms with Gasteiger partial charge in [0.1, 0.15) is 46.8 Å². The molecule has 0 heterocycles. The molecule has 0 unspecified atom stereocenters. The second-order valence-corrected chi connectivity index (χ2v) is 17.3. The number of rotatable bonds is 40. The minimum atomic E-state index is -1.90. The van der Waals surface area contributed by atoms with Gasteiger partial charge in [-0.1, -0.05) is 134 Å². The molecule has 0 aromatic rings. The van der Waals surface area contributed by atoms with Crippen LogP contribution >= 0.6 is 0 Å². The van der Waals surface area contributed by atoms with E-state index in [-0.39, 0.29) is 26.1 Å². The Bertz CT molecular complexity index is 943. The molecule has 11 heteroatoms. The van der Waals surface area contributed by atoms with Crippen LogP contribution in [-0.4, -0.2) is 128 Å². The summed E-state index contributed by atoms with van der Waals surface area (Å²) in [5.41, 5.74) is -8.90. The Labute approximate surface area is 362 Å². The fraction of sp³-hybridized carbons (Fsp3) is 1.00. The molecule has 0 aromatic heterocycles. The lowest BCUT2D eigenvalue weighted by Gasteiger charge is -2.67. The summed E-state index contributed by atoms with van der Waals surface area (Å²) in [5.74, 6) is 0. The van der Waals surface area contributed by atoms with Crippen LogP contribution in [0, 0.1) is 0 Å². The van der Waals surface area contributed by atoms with Crippen molar-refractivity contribution in [1.82, 2.24) is 0 Å². The number of aliphatic hydroxyl groups is 6. The van der Waals surface area contributed by atoms with Crippen LogP contribution in [0.3, 0.4) is 0 Å². The van der Waals surface area contributed by atoms with Crippen molar-refractivity contribution in [2.45, 2.75) is 270 Å². The Morgan fingerprint density at radius 1 is 0.339 bits per heavy atom. The summed E-state index contributed by atoms with van der Waals surface area (Å²) in [6, 6.07) is 0. The Balaban J connectivity index is 10.1. The number of hydrogen-bond acceptors (Lipinski definition) is 11. The van der Waals surface area contributed by atoms with Gasteiger partial charge in [0.2, 0.25) is 0 Å². The standard InChI is InChI=1S/C48H98O11/c1-13-25-43(26-14-2,55-33-21-9)47(31-19-7,57-35-23-11)45(29-17-5,41(53)39(51)37-49)59-46(30-18-6,42(54)40(52)38-50)48(32-20-8,58-36-24-12)44(27-15-3,28-16-4)56-34-22-10/h39-42,49-54H,13-38H2,1-12H3/t39-,40-,41-,42-,45-,46+,47+,48+/m1/s1. The third-order valence-corrected chi connectivity index (χ3v) is 12.6. The molecule has 6 N–H and O–H groups in total. The van der Waals surface area contributed by atoms with E-state index in [1.165, 1.54) is 0 Å². The van der Waals surface area contributed by atoms with Gasteiger partial charge < -0.3 is 54.3 Å². The molecule has 0 radical (unpaired) electrons. The van der Waals surface area contributed by atoms with Crippen LogP contribution in [0.5, 0.6) is 0 Å². The summed E-state index contributed by atoms with van der Waals surface area (Å²) in [5, 5.41) is 72.1. The SMILES string of the molecule is CCCOC(CCC)(CCC)[C@](CCC)(OCCC)[C@@](CCC)(O[C@](CCC)([C@H](O)[C@H](O)CO)[C@@](CCC)(OCCC)C(CCC)(CCC)OCCC)[C@H](O)[C@H](O)CO. The summed E-state index contributed by atoms with van der Waals surface area (Å²) in [4.78, 5) is 0. The number of aliphatic hydroxyl groups excluding tert-OH is 6. The highest BCUT2D eigenvalue weighted by atomic mass is 16.6. The fourth-order valence-corrected chi connectivity index (χ4v) is 10.8. The van der Waals surface area contributed by atoms with Gasteiger partial charge in [-0.25, -0.2) is 0 Å². The minimum absolute atomic E-state index is 0.132. The van der Waals surface area contributed by atoms with Crippen molar-refractivity contribution in [1.29, 1.82) is 0 Å². The van der Waals surface area contributed by atoms with E-state index in [0.717, 1.165) is 38.5 Å². The molecule has 0 saturated heterocycles. The maximum absolute atomic E-state index is 13.2. The Morgan fingerprint density at radius 3 is 0.814 bits per heavy atom. The first kappa shape index (κ1) is 58.6. The van der Waals surface area contributed by atoms with Gasteiger partial charge in [-0.2, -0.15) is 0 Å². The topological polar surface area (TPSA) is 168 Å². The minimum Gasteiger partial charge on any atom is -0.394 e. The molecule has 0 aliphatic rings. The molecule has 356 valence electrons. The van der Waals surface area contributed by atoms with Gasteiger partial charge in [0.05, 0.1) is 24.4 Å². The van der Waals surface area contributed by atoms with Crippen molar-refractivity contribution in [3.63, 3.8) is 0 Å². The Kier molecular flexibility index (Phi) is 29.6. The molecule has 0 fully saturated rings. The normalized spacial score (nSPS) is 19.0. The van der Waals surface area contributed by atoms with Gasteiger partial charge in [-0.3, -0.25) is 0 Å². The summed E-state index contributed by atoms with van der Waals surface area (Å²) < 4.78 is 37.5. The Morgan fingerprint density at radius 2 is 0.593 bits per heavy atom. The second-order valence-electron chi connectivity index (χ2n) is 17.3. The molecule has 0 aromatic carbocycles. The lowest BCUT2D eigenvalue weighted by atomic mass is 9.57. The van der Waals surface area contributed by atoms with Crippen LogP contribution in [0.25, 0.3) is 0 Å². The Hall–Kier alpha value is -0.440. The van der Waals surface area contributed by atoms with Crippen LogP contribution in [-0.2, 0) is 23.7 Å². The van der Waals surface area contributed by atoms with Crippen molar-refractivity contribution >= 4 is 0 Å². The van der Waals surface area contributed by atoms with E-state index in [4.69, 9.17) is 23.7 Å². The van der Waals surface area contributed by atoms with Gasteiger partial charge in [0.25, 0.3) is 0 Å². The average molecular weight is 851 g/mol. The van der Waals surface area contributed by atoms with Gasteiger partial charge in [-0.15, -0.1) is 0 Å². The molecule has 0 aliphatic heterocycles. The fourth-order valence-electron chi connectivity index (χ4n) is 10.8. The smallest absolute Gasteiger partial charge is 0.129 e. The van der Waals surface area contributed by atoms with E-state index < -0.39 is 71.2 Å². The molecule has 11 nitrogen and oxygen atoms in total. The number of hydrogen-bond donors (Lipinski definition) is 6. The van der Waals surface area contributed by atoms with E-state index in [9.17, 15) is 30.6 Å². The highest BCUT2D eigenvalue weighted by Gasteiger charge is 2.75. The largest absolute Gasteiger partial charge is 0.394 e. The summed E-state index contributed by atoms with van der Waals surface area (Å²) in [6.45, 7) is 24.6. The van der Waals surface area contributed by atoms with Crippen LogP contribution in [0.15, 0.2) is 0 Å². The molecule has 0 amide bonds. The molecule has 0 rings (SSSR count). The van der Waals surface area contributed by atoms with Crippen LogP contribution in [0.2, 0.25) is 0 Å². The predicted octanol–water partition coefficient (Wildman–Crippen LogP) is 8.97. The van der Waals surface area contributed by atoms with Gasteiger partial charge >= 0.3 is 0 Å². The van der Waals surface area contributed by atoms with Crippen molar-refractivity contribution in [3.05, 3.63) is 0 Å². The lowest BCUT2D eigenvalue weighted by Crippen LogP contribution is -2.83. The van der Waals surface area contributed by atoms with E-state index in [1.807, 2.05) is 27.7 Å². The maximum atomic E-state index is 13.2. The molecule has 59 heavy (non-hydrogen) atoms. The van der Waals surface area contributed by atoms with E-state index in [1.54, 1.807) is 0 Å². The van der Waals surface area contributed by atoms with Crippen LogP contribution in [0.4, 0.5) is 0 Å². The molecule has 0 aliphatic carbocycles.